The summed E-state index contributed by atoms with van der Waals surface area (Å²) in [6, 6.07) is 8.52. The van der Waals surface area contributed by atoms with Gasteiger partial charge in [-0.2, -0.15) is 4.98 Å². The summed E-state index contributed by atoms with van der Waals surface area (Å²) in [5.41, 5.74) is 7.26. The number of epoxide rings is 1. The maximum Gasteiger partial charge on any atom is 0.280 e. The van der Waals surface area contributed by atoms with Crippen molar-refractivity contribution in [3.63, 3.8) is 0 Å². The van der Waals surface area contributed by atoms with Gasteiger partial charge in [0.05, 0.1) is 16.9 Å². The molecule has 1 fully saturated rings. The van der Waals surface area contributed by atoms with Crippen molar-refractivity contribution in [3.05, 3.63) is 53.6 Å². The minimum atomic E-state index is -2.76. The fourth-order valence-corrected chi connectivity index (χ4v) is 3.31. The summed E-state index contributed by atoms with van der Waals surface area (Å²) in [6.45, 7) is 5.68. The normalized spacial score (nSPS) is 17.1. The zero-order valence-corrected chi connectivity index (χ0v) is 17.2. The van der Waals surface area contributed by atoms with Crippen molar-refractivity contribution in [2.24, 2.45) is 0 Å². The zero-order chi connectivity index (χ0) is 22.3. The fourth-order valence-electron chi connectivity index (χ4n) is 3.31. The summed E-state index contributed by atoms with van der Waals surface area (Å²) in [4.78, 5) is 12.4. The molecule has 1 unspecified atom stereocenters. The molecule has 1 atom stereocenters. The first-order valence-corrected chi connectivity index (χ1v) is 9.65. The van der Waals surface area contributed by atoms with Crippen LogP contribution >= 0.6 is 0 Å². The van der Waals surface area contributed by atoms with Crippen LogP contribution in [0.4, 0.5) is 19.1 Å². The number of aryl methyl sites for hydroxylation is 1. The molecule has 1 aliphatic heterocycles. The number of alkyl halides is 2. The summed E-state index contributed by atoms with van der Waals surface area (Å²) in [5, 5.41) is 0. The minimum absolute atomic E-state index is 0.0612. The highest BCUT2D eigenvalue weighted by molar-refractivity contribution is 5.85. The van der Waals surface area contributed by atoms with Crippen molar-refractivity contribution in [2.45, 2.75) is 38.9 Å². The highest BCUT2D eigenvalue weighted by Crippen LogP contribution is 2.41. The Kier molecular flexibility index (Phi) is 5.30. The van der Waals surface area contributed by atoms with Gasteiger partial charge in [0.25, 0.3) is 6.43 Å². The molecule has 0 radical (unpaired) electrons. The topological polar surface area (TPSA) is 86.5 Å². The van der Waals surface area contributed by atoms with E-state index in [2.05, 4.69) is 15.0 Å². The molecule has 3 aromatic rings. The van der Waals surface area contributed by atoms with E-state index in [-0.39, 0.29) is 35.8 Å². The quantitative estimate of drug-likeness (QED) is 0.569. The molecule has 0 amide bonds. The lowest BCUT2D eigenvalue weighted by molar-refractivity contribution is 0.146. The van der Waals surface area contributed by atoms with Crippen LogP contribution in [0.15, 0.2) is 36.4 Å². The molecule has 1 aliphatic rings. The molecular weight excluding hydrogens is 409 g/mol. The van der Waals surface area contributed by atoms with Crippen LogP contribution in [0.25, 0.3) is 22.4 Å². The molecule has 2 aromatic heterocycles. The van der Waals surface area contributed by atoms with Crippen molar-refractivity contribution in [2.75, 3.05) is 12.3 Å². The summed E-state index contributed by atoms with van der Waals surface area (Å²) in [5.74, 6) is -0.352. The number of rotatable bonds is 6. The first kappa shape index (κ1) is 21.0. The molecular formula is C22H21F3N4O2. The van der Waals surface area contributed by atoms with E-state index in [0.717, 1.165) is 0 Å². The molecule has 0 spiro atoms. The van der Waals surface area contributed by atoms with Gasteiger partial charge in [0.1, 0.15) is 24.2 Å². The van der Waals surface area contributed by atoms with Gasteiger partial charge in [-0.15, -0.1) is 0 Å². The number of nitrogen functional groups attached to an aromatic ring is 1. The van der Waals surface area contributed by atoms with Crippen LogP contribution in [-0.4, -0.2) is 33.3 Å². The molecule has 162 valence electrons. The summed E-state index contributed by atoms with van der Waals surface area (Å²) in [7, 11) is 0. The van der Waals surface area contributed by atoms with Gasteiger partial charge in [-0.1, -0.05) is 0 Å². The molecule has 3 heterocycles. The van der Waals surface area contributed by atoms with Gasteiger partial charge in [-0.3, -0.25) is 4.98 Å². The van der Waals surface area contributed by atoms with E-state index in [1.54, 1.807) is 13.0 Å². The standard InChI is InChI=1S/C22H21F3N4O2/c1-11-8-13(9-15(27-11)19(24)25)17-18(12-4-6-14(23)7-5-12)28-21(26)29-20(17)30-10-16-22(2,3)31-16/h4-9,16,19H,10H2,1-3H3,(H2,26,28,29). The Bertz CT molecular complexity index is 1120. The predicted octanol–water partition coefficient (Wildman–Crippen LogP) is 4.73. The third kappa shape index (κ3) is 4.46. The maximum absolute atomic E-state index is 13.5. The summed E-state index contributed by atoms with van der Waals surface area (Å²) < 4.78 is 51.8. The number of nitrogens with two attached hydrogens (primary N) is 1. The molecule has 6 nitrogen and oxygen atoms in total. The molecule has 2 N–H and O–H groups in total. The Morgan fingerprint density at radius 1 is 1.10 bits per heavy atom. The van der Waals surface area contributed by atoms with Crippen LogP contribution in [-0.2, 0) is 4.74 Å². The van der Waals surface area contributed by atoms with E-state index in [1.807, 2.05) is 13.8 Å². The van der Waals surface area contributed by atoms with E-state index in [1.165, 1.54) is 30.3 Å². The number of nitrogens with zero attached hydrogens (tertiary/aromatic N) is 3. The number of benzene rings is 1. The van der Waals surface area contributed by atoms with Crippen LogP contribution in [0.5, 0.6) is 5.88 Å². The third-order valence-electron chi connectivity index (χ3n) is 5.03. The molecule has 9 heteroatoms. The number of hydrogen-bond acceptors (Lipinski definition) is 6. The van der Waals surface area contributed by atoms with Gasteiger partial charge in [-0.05, 0) is 62.7 Å². The summed E-state index contributed by atoms with van der Waals surface area (Å²) in [6.07, 6.45) is -2.89. The molecule has 0 saturated carbocycles. The van der Waals surface area contributed by atoms with Gasteiger partial charge in [0.2, 0.25) is 11.8 Å². The lowest BCUT2D eigenvalue weighted by Gasteiger charge is -2.16. The highest BCUT2D eigenvalue weighted by atomic mass is 19.3. The number of pyridine rings is 1. The van der Waals surface area contributed by atoms with Crippen molar-refractivity contribution in [3.8, 4) is 28.3 Å². The highest BCUT2D eigenvalue weighted by Gasteiger charge is 2.48. The fraction of sp³-hybridized carbons (Fsp3) is 0.318. The van der Waals surface area contributed by atoms with Crippen molar-refractivity contribution < 1.29 is 22.6 Å². The Morgan fingerprint density at radius 2 is 1.77 bits per heavy atom. The molecule has 1 aromatic carbocycles. The maximum atomic E-state index is 13.5. The second kappa shape index (κ2) is 7.81. The Labute approximate surface area is 177 Å². The van der Waals surface area contributed by atoms with Crippen LogP contribution < -0.4 is 10.5 Å². The number of ether oxygens (including phenoxy) is 2. The number of hydrogen-bond donors (Lipinski definition) is 1. The third-order valence-corrected chi connectivity index (χ3v) is 5.03. The Morgan fingerprint density at radius 3 is 2.39 bits per heavy atom. The Balaban J connectivity index is 1.88. The average molecular weight is 430 g/mol. The number of halogens is 3. The largest absolute Gasteiger partial charge is 0.474 e. The minimum Gasteiger partial charge on any atom is -0.474 e. The molecule has 0 bridgehead atoms. The van der Waals surface area contributed by atoms with Gasteiger partial charge < -0.3 is 15.2 Å². The van der Waals surface area contributed by atoms with Crippen molar-refractivity contribution in [1.29, 1.82) is 0 Å². The molecule has 31 heavy (non-hydrogen) atoms. The zero-order valence-electron chi connectivity index (χ0n) is 17.2. The van der Waals surface area contributed by atoms with E-state index in [4.69, 9.17) is 15.2 Å². The van der Waals surface area contributed by atoms with E-state index in [0.29, 0.717) is 28.1 Å². The molecule has 0 aliphatic carbocycles. The molecule has 1 saturated heterocycles. The van der Waals surface area contributed by atoms with E-state index < -0.39 is 12.2 Å². The number of anilines is 1. The first-order valence-electron chi connectivity index (χ1n) is 9.65. The number of aromatic nitrogens is 3. The van der Waals surface area contributed by atoms with Gasteiger partial charge in [0, 0.05) is 11.3 Å². The van der Waals surface area contributed by atoms with Gasteiger partial charge >= 0.3 is 0 Å². The second-order valence-corrected chi connectivity index (χ2v) is 7.86. The predicted molar refractivity (Wildman–Crippen MR) is 109 cm³/mol. The van der Waals surface area contributed by atoms with Crippen LogP contribution in [0.1, 0.15) is 31.7 Å². The lowest BCUT2D eigenvalue weighted by atomic mass is 9.99. The van der Waals surface area contributed by atoms with Crippen LogP contribution in [0.2, 0.25) is 0 Å². The van der Waals surface area contributed by atoms with Crippen LogP contribution in [0, 0.1) is 12.7 Å². The van der Waals surface area contributed by atoms with Crippen molar-refractivity contribution >= 4 is 5.95 Å². The van der Waals surface area contributed by atoms with E-state index in [9.17, 15) is 13.2 Å². The monoisotopic (exact) mass is 430 g/mol. The SMILES string of the molecule is Cc1cc(-c2c(OCC3OC3(C)C)nc(N)nc2-c2ccc(F)cc2)cc(C(F)F)n1. The lowest BCUT2D eigenvalue weighted by Crippen LogP contribution is -2.14. The smallest absolute Gasteiger partial charge is 0.280 e. The second-order valence-electron chi connectivity index (χ2n) is 7.86. The first-order chi connectivity index (χ1) is 14.6. The van der Waals surface area contributed by atoms with Crippen molar-refractivity contribution in [1.82, 2.24) is 15.0 Å². The van der Waals surface area contributed by atoms with Gasteiger partial charge in [0.15, 0.2) is 0 Å². The average Bonchev–Trinajstić information content (AvgIpc) is 3.32. The van der Waals surface area contributed by atoms with Gasteiger partial charge in [-0.25, -0.2) is 18.2 Å². The Hall–Kier alpha value is -3.20. The van der Waals surface area contributed by atoms with E-state index >= 15 is 0 Å². The summed E-state index contributed by atoms with van der Waals surface area (Å²) >= 11 is 0. The van der Waals surface area contributed by atoms with Crippen LogP contribution in [0.3, 0.4) is 0 Å². The molecule has 4 rings (SSSR count).